The summed E-state index contributed by atoms with van der Waals surface area (Å²) in [5, 5.41) is 8.22. The first-order valence-corrected chi connectivity index (χ1v) is 11.5. The number of hydrogen-bond acceptors (Lipinski definition) is 9. The minimum Gasteiger partial charge on any atom is -0.369 e. The fourth-order valence-corrected chi connectivity index (χ4v) is 3.70. The summed E-state index contributed by atoms with van der Waals surface area (Å²) in [4.78, 5) is 53.7. The van der Waals surface area contributed by atoms with Crippen LogP contribution in [0.15, 0.2) is 0 Å². The minimum absolute atomic E-state index is 0.0826. The molecule has 0 bridgehead atoms. The van der Waals surface area contributed by atoms with Crippen LogP contribution in [0.2, 0.25) is 0 Å². The van der Waals surface area contributed by atoms with Crippen LogP contribution < -0.4 is 27.4 Å². The molecule has 7 N–H and O–H groups in total. The Morgan fingerprint density at radius 2 is 1.18 bits per heavy atom. The van der Waals surface area contributed by atoms with Gasteiger partial charge >= 0.3 is 0 Å². The Morgan fingerprint density at radius 1 is 0.727 bits per heavy atom. The van der Waals surface area contributed by atoms with Gasteiger partial charge in [0.15, 0.2) is 0 Å². The highest BCUT2D eigenvalue weighted by molar-refractivity contribution is 5.78. The van der Waals surface area contributed by atoms with Crippen LogP contribution in [0.1, 0.15) is 12.8 Å². The van der Waals surface area contributed by atoms with E-state index in [0.29, 0.717) is 78.5 Å². The van der Waals surface area contributed by atoms with Crippen molar-refractivity contribution >= 4 is 24.6 Å². The van der Waals surface area contributed by atoms with E-state index in [4.69, 9.17) is 11.5 Å². The second-order valence-corrected chi connectivity index (χ2v) is 8.06. The van der Waals surface area contributed by atoms with E-state index in [9.17, 15) is 19.2 Å². The molecule has 0 aromatic heterocycles. The van der Waals surface area contributed by atoms with Gasteiger partial charge in [-0.25, -0.2) is 0 Å². The van der Waals surface area contributed by atoms with Gasteiger partial charge in [0.2, 0.25) is 24.6 Å². The number of amides is 4. The zero-order valence-corrected chi connectivity index (χ0v) is 19.5. The molecule has 4 amide bonds. The molecule has 1 fully saturated rings. The fourth-order valence-electron chi connectivity index (χ4n) is 3.70. The quantitative estimate of drug-likeness (QED) is 0.178. The number of nitrogens with one attached hydrogen (secondary N) is 3. The molecule has 0 saturated carbocycles. The maximum Gasteiger partial charge on any atom is 0.234 e. The third-order valence-electron chi connectivity index (χ3n) is 5.37. The Hall–Kier alpha value is -2.32. The second kappa shape index (κ2) is 18.1. The Labute approximate surface area is 196 Å². The minimum atomic E-state index is -0.388. The summed E-state index contributed by atoms with van der Waals surface area (Å²) in [7, 11) is 0. The van der Waals surface area contributed by atoms with Crippen molar-refractivity contribution in [1.29, 1.82) is 0 Å². The molecule has 33 heavy (non-hydrogen) atoms. The van der Waals surface area contributed by atoms with E-state index in [2.05, 4.69) is 30.7 Å². The van der Waals surface area contributed by atoms with E-state index in [1.807, 2.05) is 4.90 Å². The molecule has 190 valence electrons. The topological polar surface area (TPSA) is 169 Å². The molecule has 1 saturated heterocycles. The standard InChI is InChI=1S/C20H41N9O4/c21-3-4-25-20(33)14-27-6-2-8-29(16-24-18-31)12-11-28(15-23-17-30)7-1-5-26(9-10-27)13-19(22)32/h17-18H,1-16,21H2,(H2,22,32)(H,23,30)(H,24,31)(H,25,33). The average Bonchev–Trinajstić information content (AvgIpc) is 2.78. The van der Waals surface area contributed by atoms with Crippen molar-refractivity contribution in [2.75, 3.05) is 91.9 Å². The highest BCUT2D eigenvalue weighted by Gasteiger charge is 2.17. The molecular formula is C20H41N9O4. The van der Waals surface area contributed by atoms with E-state index < -0.39 is 0 Å². The average molecular weight is 472 g/mol. The SMILES string of the molecule is NCCNC(=O)CN1CCCN(CNC=O)CCN(CNC=O)CCCN(CC(N)=O)CC1. The Bertz CT molecular complexity index is 582. The number of nitrogens with zero attached hydrogens (tertiary/aromatic N) is 4. The first-order valence-electron chi connectivity index (χ1n) is 11.5. The van der Waals surface area contributed by atoms with E-state index >= 15 is 0 Å². The predicted molar refractivity (Wildman–Crippen MR) is 125 cm³/mol. The Morgan fingerprint density at radius 3 is 1.64 bits per heavy atom. The van der Waals surface area contributed by atoms with E-state index in [-0.39, 0.29) is 24.9 Å². The van der Waals surface area contributed by atoms with Crippen molar-refractivity contribution in [1.82, 2.24) is 35.6 Å². The van der Waals surface area contributed by atoms with Crippen molar-refractivity contribution in [3.63, 3.8) is 0 Å². The lowest BCUT2D eigenvalue weighted by atomic mass is 10.2. The van der Waals surface area contributed by atoms with Gasteiger partial charge in [-0.1, -0.05) is 0 Å². The predicted octanol–water partition coefficient (Wildman–Crippen LogP) is -4.04. The molecule has 0 aromatic carbocycles. The van der Waals surface area contributed by atoms with Crippen LogP contribution >= 0.6 is 0 Å². The van der Waals surface area contributed by atoms with Gasteiger partial charge in [-0.05, 0) is 25.9 Å². The van der Waals surface area contributed by atoms with Gasteiger partial charge < -0.3 is 27.4 Å². The van der Waals surface area contributed by atoms with E-state index in [0.717, 1.165) is 25.9 Å². The third-order valence-corrected chi connectivity index (χ3v) is 5.37. The summed E-state index contributed by atoms with van der Waals surface area (Å²) in [6, 6.07) is 0. The van der Waals surface area contributed by atoms with Crippen LogP contribution in [0.25, 0.3) is 0 Å². The summed E-state index contributed by atoms with van der Waals surface area (Å²) in [6.45, 7) is 7.57. The molecule has 0 unspecified atom stereocenters. The van der Waals surface area contributed by atoms with Crippen LogP contribution in [-0.4, -0.2) is 136 Å². The highest BCUT2D eigenvalue weighted by Crippen LogP contribution is 2.02. The summed E-state index contributed by atoms with van der Waals surface area (Å²) >= 11 is 0. The van der Waals surface area contributed by atoms with Gasteiger partial charge in [-0.15, -0.1) is 0 Å². The van der Waals surface area contributed by atoms with Crippen molar-refractivity contribution in [3.8, 4) is 0 Å². The summed E-state index contributed by atoms with van der Waals surface area (Å²) in [5.74, 6) is -0.470. The van der Waals surface area contributed by atoms with Gasteiger partial charge in [0.25, 0.3) is 0 Å². The molecule has 0 aliphatic carbocycles. The van der Waals surface area contributed by atoms with Crippen LogP contribution in [0.4, 0.5) is 0 Å². The zero-order valence-electron chi connectivity index (χ0n) is 19.5. The molecule has 13 heteroatoms. The van der Waals surface area contributed by atoms with Crippen molar-refractivity contribution in [3.05, 3.63) is 0 Å². The van der Waals surface area contributed by atoms with Gasteiger partial charge in [-0.3, -0.25) is 38.8 Å². The maximum absolute atomic E-state index is 12.2. The second-order valence-electron chi connectivity index (χ2n) is 8.06. The van der Waals surface area contributed by atoms with Crippen LogP contribution in [0.5, 0.6) is 0 Å². The van der Waals surface area contributed by atoms with Gasteiger partial charge in [0.1, 0.15) is 0 Å². The molecule has 13 nitrogen and oxygen atoms in total. The molecule has 0 spiro atoms. The van der Waals surface area contributed by atoms with Crippen molar-refractivity contribution in [2.45, 2.75) is 12.8 Å². The molecular weight excluding hydrogens is 430 g/mol. The normalized spacial score (nSPS) is 18.7. The lowest BCUT2D eigenvalue weighted by molar-refractivity contribution is -0.123. The molecule has 0 aromatic rings. The van der Waals surface area contributed by atoms with Gasteiger partial charge in [-0.2, -0.15) is 0 Å². The lowest BCUT2D eigenvalue weighted by Crippen LogP contribution is -2.47. The number of carbonyl (C=O) groups excluding carboxylic acids is 4. The van der Waals surface area contributed by atoms with Crippen LogP contribution in [-0.2, 0) is 19.2 Å². The summed E-state index contributed by atoms with van der Waals surface area (Å²) < 4.78 is 0. The third kappa shape index (κ3) is 14.4. The van der Waals surface area contributed by atoms with Gasteiger partial charge in [0.05, 0.1) is 26.4 Å². The molecule has 1 aliphatic rings. The molecule has 1 rings (SSSR count). The number of primary amides is 1. The monoisotopic (exact) mass is 471 g/mol. The molecule has 1 heterocycles. The number of carbonyl (C=O) groups is 4. The van der Waals surface area contributed by atoms with Crippen molar-refractivity contribution < 1.29 is 19.2 Å². The summed E-state index contributed by atoms with van der Waals surface area (Å²) in [5.41, 5.74) is 10.9. The van der Waals surface area contributed by atoms with E-state index in [1.54, 1.807) is 0 Å². The number of nitrogens with two attached hydrogens (primary N) is 2. The molecule has 1 aliphatic heterocycles. The number of hydrogen-bond donors (Lipinski definition) is 5. The largest absolute Gasteiger partial charge is 0.369 e. The first kappa shape index (κ1) is 28.7. The lowest BCUT2D eigenvalue weighted by Gasteiger charge is -2.31. The van der Waals surface area contributed by atoms with Crippen molar-refractivity contribution in [2.24, 2.45) is 11.5 Å². The smallest absolute Gasteiger partial charge is 0.234 e. The van der Waals surface area contributed by atoms with E-state index in [1.165, 1.54) is 0 Å². The highest BCUT2D eigenvalue weighted by atomic mass is 16.2. The Balaban J connectivity index is 2.85. The Kier molecular flexibility index (Phi) is 15.8. The first-order chi connectivity index (χ1) is 16.0. The van der Waals surface area contributed by atoms with Crippen LogP contribution in [0, 0.1) is 0 Å². The molecule has 0 atom stereocenters. The zero-order chi connectivity index (χ0) is 24.3. The molecule has 0 radical (unpaired) electrons. The van der Waals surface area contributed by atoms with Gasteiger partial charge in [0, 0.05) is 52.4 Å². The summed E-state index contributed by atoms with van der Waals surface area (Å²) in [6.07, 6.45) is 2.94. The number of rotatable bonds is 12. The maximum atomic E-state index is 12.2. The fraction of sp³-hybridized carbons (Fsp3) is 0.800. The van der Waals surface area contributed by atoms with Crippen LogP contribution in [0.3, 0.4) is 0 Å².